The van der Waals surface area contributed by atoms with Crippen LogP contribution in [0.1, 0.15) is 43.1 Å². The van der Waals surface area contributed by atoms with Crippen LogP contribution in [0.4, 0.5) is 0 Å². The molecule has 0 aliphatic heterocycles. The van der Waals surface area contributed by atoms with Crippen LogP contribution in [0.2, 0.25) is 0 Å². The summed E-state index contributed by atoms with van der Waals surface area (Å²) in [6, 6.07) is 8.52. The Kier molecular flexibility index (Phi) is 5.08. The Balaban J connectivity index is 2.58. The van der Waals surface area contributed by atoms with Crippen LogP contribution in [0, 0.1) is 16.7 Å². The number of hydrogen-bond acceptors (Lipinski definition) is 3. The molecule has 4 nitrogen and oxygen atoms in total. The zero-order valence-electron chi connectivity index (χ0n) is 11.6. The van der Waals surface area contributed by atoms with Gasteiger partial charge in [-0.05, 0) is 43.0 Å². The fourth-order valence-corrected chi connectivity index (χ4v) is 1.99. The Morgan fingerprint density at radius 1 is 1.42 bits per heavy atom. The summed E-state index contributed by atoms with van der Waals surface area (Å²) in [4.78, 5) is 11.9. The van der Waals surface area contributed by atoms with E-state index in [0.29, 0.717) is 24.1 Å². The number of hydrogen-bond donors (Lipinski definition) is 2. The molecule has 102 valence electrons. The largest absolute Gasteiger partial charge is 0.393 e. The zero-order valence-corrected chi connectivity index (χ0v) is 11.6. The fraction of sp³-hybridized carbons (Fsp3) is 0.467. The molecule has 1 rings (SSSR count). The van der Waals surface area contributed by atoms with Crippen LogP contribution in [0.25, 0.3) is 0 Å². The van der Waals surface area contributed by atoms with Crippen LogP contribution in [0.15, 0.2) is 24.3 Å². The maximum atomic E-state index is 11.9. The van der Waals surface area contributed by atoms with E-state index in [1.807, 2.05) is 19.9 Å². The van der Waals surface area contributed by atoms with E-state index in [2.05, 4.69) is 5.32 Å². The zero-order chi connectivity index (χ0) is 14.5. The molecule has 19 heavy (non-hydrogen) atoms. The van der Waals surface area contributed by atoms with Crippen molar-refractivity contribution in [1.29, 1.82) is 5.26 Å². The molecule has 2 N–H and O–H groups in total. The first kappa shape index (κ1) is 15.2. The highest BCUT2D eigenvalue weighted by atomic mass is 16.3. The van der Waals surface area contributed by atoms with Crippen LogP contribution >= 0.6 is 0 Å². The van der Waals surface area contributed by atoms with Crippen molar-refractivity contribution >= 4 is 5.91 Å². The molecule has 0 bridgehead atoms. The summed E-state index contributed by atoms with van der Waals surface area (Å²) in [6.07, 6.45) is 0.238. The molecule has 0 aromatic heterocycles. The van der Waals surface area contributed by atoms with Gasteiger partial charge in [0.2, 0.25) is 0 Å². The molecule has 0 spiro atoms. The molecule has 1 atom stereocenters. The standard InChI is InChI=1S/C15H20N2O2/c1-11(18)8-15(2,3)10-17-14(19)13-6-4-12(9-16)5-7-13/h4-7,11,18H,8,10H2,1-3H3,(H,17,19). The van der Waals surface area contributed by atoms with Gasteiger partial charge in [-0.2, -0.15) is 5.26 Å². The van der Waals surface area contributed by atoms with Crippen LogP contribution in [0.5, 0.6) is 0 Å². The van der Waals surface area contributed by atoms with Crippen LogP contribution in [-0.4, -0.2) is 23.7 Å². The maximum absolute atomic E-state index is 11.9. The predicted octanol–water partition coefficient (Wildman–Crippen LogP) is 2.09. The minimum absolute atomic E-state index is 0.156. The van der Waals surface area contributed by atoms with Gasteiger partial charge >= 0.3 is 0 Å². The number of nitrogens with one attached hydrogen (secondary N) is 1. The lowest BCUT2D eigenvalue weighted by atomic mass is 9.87. The van der Waals surface area contributed by atoms with Gasteiger partial charge in [-0.15, -0.1) is 0 Å². The SMILES string of the molecule is CC(O)CC(C)(C)CNC(=O)c1ccc(C#N)cc1. The molecule has 1 unspecified atom stereocenters. The maximum Gasteiger partial charge on any atom is 0.251 e. The molecule has 1 aromatic carbocycles. The first-order chi connectivity index (χ1) is 8.84. The van der Waals surface area contributed by atoms with Gasteiger partial charge in [-0.3, -0.25) is 4.79 Å². The highest BCUT2D eigenvalue weighted by molar-refractivity contribution is 5.94. The highest BCUT2D eigenvalue weighted by Crippen LogP contribution is 2.21. The lowest BCUT2D eigenvalue weighted by Gasteiger charge is -2.26. The number of nitriles is 1. The van der Waals surface area contributed by atoms with Gasteiger partial charge in [-0.25, -0.2) is 0 Å². The first-order valence-electron chi connectivity index (χ1n) is 6.30. The number of nitrogens with zero attached hydrogens (tertiary/aromatic N) is 1. The summed E-state index contributed by atoms with van der Waals surface area (Å²) in [6.45, 7) is 6.23. The summed E-state index contributed by atoms with van der Waals surface area (Å²) >= 11 is 0. The number of amides is 1. The molecule has 1 amide bonds. The first-order valence-corrected chi connectivity index (χ1v) is 6.30. The van der Waals surface area contributed by atoms with Gasteiger partial charge in [0.25, 0.3) is 5.91 Å². The third-order valence-electron chi connectivity index (χ3n) is 2.85. The lowest BCUT2D eigenvalue weighted by Crippen LogP contribution is -2.35. The molecular formula is C15H20N2O2. The van der Waals surface area contributed by atoms with Gasteiger partial charge in [0.05, 0.1) is 17.7 Å². The summed E-state index contributed by atoms with van der Waals surface area (Å²) in [5.74, 6) is -0.164. The molecule has 0 radical (unpaired) electrons. The number of carbonyl (C=O) groups is 1. The molecule has 0 saturated heterocycles. The minimum Gasteiger partial charge on any atom is -0.393 e. The summed E-state index contributed by atoms with van der Waals surface area (Å²) < 4.78 is 0. The van der Waals surface area contributed by atoms with Crippen molar-refractivity contribution in [3.8, 4) is 6.07 Å². The predicted molar refractivity (Wildman–Crippen MR) is 73.6 cm³/mol. The average molecular weight is 260 g/mol. The Bertz CT molecular complexity index is 470. The molecule has 0 heterocycles. The van der Waals surface area contributed by atoms with Crippen molar-refractivity contribution in [2.24, 2.45) is 5.41 Å². The summed E-state index contributed by atoms with van der Waals surface area (Å²) in [5.41, 5.74) is 0.911. The molecule has 0 aliphatic carbocycles. The van der Waals surface area contributed by atoms with Crippen molar-refractivity contribution in [3.63, 3.8) is 0 Å². The van der Waals surface area contributed by atoms with E-state index in [0.717, 1.165) is 0 Å². The summed E-state index contributed by atoms with van der Waals surface area (Å²) in [7, 11) is 0. The Morgan fingerprint density at radius 3 is 2.47 bits per heavy atom. The van der Waals surface area contributed by atoms with E-state index in [9.17, 15) is 9.90 Å². The second kappa shape index (κ2) is 6.35. The Morgan fingerprint density at radius 2 is 2.00 bits per heavy atom. The number of aliphatic hydroxyl groups excluding tert-OH is 1. The molecule has 0 saturated carbocycles. The smallest absolute Gasteiger partial charge is 0.251 e. The second-order valence-electron chi connectivity index (χ2n) is 5.59. The normalized spacial score (nSPS) is 12.6. The lowest BCUT2D eigenvalue weighted by molar-refractivity contribution is 0.0902. The molecule has 0 fully saturated rings. The van der Waals surface area contributed by atoms with E-state index in [-0.39, 0.29) is 17.4 Å². The quantitative estimate of drug-likeness (QED) is 0.851. The van der Waals surface area contributed by atoms with Gasteiger partial charge in [-0.1, -0.05) is 13.8 Å². The van der Waals surface area contributed by atoms with E-state index in [4.69, 9.17) is 5.26 Å². The monoisotopic (exact) mass is 260 g/mol. The summed E-state index contributed by atoms with van der Waals surface area (Å²) in [5, 5.41) is 20.9. The highest BCUT2D eigenvalue weighted by Gasteiger charge is 2.21. The number of benzene rings is 1. The van der Waals surface area contributed by atoms with Crippen LogP contribution < -0.4 is 5.32 Å². The fourth-order valence-electron chi connectivity index (χ4n) is 1.99. The molecule has 0 aliphatic rings. The number of aliphatic hydroxyl groups is 1. The van der Waals surface area contributed by atoms with Crippen molar-refractivity contribution in [2.45, 2.75) is 33.3 Å². The van der Waals surface area contributed by atoms with Crippen molar-refractivity contribution in [2.75, 3.05) is 6.54 Å². The van der Waals surface area contributed by atoms with Gasteiger partial charge < -0.3 is 10.4 Å². The minimum atomic E-state index is -0.387. The molecule has 1 aromatic rings. The Labute approximate surface area is 114 Å². The van der Waals surface area contributed by atoms with E-state index >= 15 is 0 Å². The van der Waals surface area contributed by atoms with Gasteiger partial charge in [0.15, 0.2) is 0 Å². The van der Waals surface area contributed by atoms with Crippen LogP contribution in [-0.2, 0) is 0 Å². The van der Waals surface area contributed by atoms with Crippen molar-refractivity contribution in [3.05, 3.63) is 35.4 Å². The van der Waals surface area contributed by atoms with E-state index in [1.54, 1.807) is 31.2 Å². The number of rotatable bonds is 5. The van der Waals surface area contributed by atoms with E-state index in [1.165, 1.54) is 0 Å². The average Bonchev–Trinajstić information content (AvgIpc) is 2.34. The van der Waals surface area contributed by atoms with E-state index < -0.39 is 0 Å². The van der Waals surface area contributed by atoms with Gasteiger partial charge in [0.1, 0.15) is 0 Å². The third-order valence-corrected chi connectivity index (χ3v) is 2.85. The molecule has 4 heteroatoms. The number of carbonyl (C=O) groups excluding carboxylic acids is 1. The van der Waals surface area contributed by atoms with Crippen molar-refractivity contribution < 1.29 is 9.90 Å². The second-order valence-corrected chi connectivity index (χ2v) is 5.59. The topological polar surface area (TPSA) is 73.1 Å². The van der Waals surface area contributed by atoms with Gasteiger partial charge in [0, 0.05) is 12.1 Å². The molecular weight excluding hydrogens is 240 g/mol. The van der Waals surface area contributed by atoms with Crippen LogP contribution in [0.3, 0.4) is 0 Å². The van der Waals surface area contributed by atoms with Crippen molar-refractivity contribution in [1.82, 2.24) is 5.32 Å². The Hall–Kier alpha value is -1.86. The third kappa shape index (κ3) is 5.11.